The number of ether oxygens (including phenoxy) is 2. The summed E-state index contributed by atoms with van der Waals surface area (Å²) in [4.78, 5) is 24.1. The lowest BCUT2D eigenvalue weighted by Gasteiger charge is -2.15. The molecule has 0 spiro atoms. The first-order valence-corrected chi connectivity index (χ1v) is 10.3. The summed E-state index contributed by atoms with van der Waals surface area (Å²) in [6, 6.07) is 14.6. The summed E-state index contributed by atoms with van der Waals surface area (Å²) in [7, 11) is 0. The van der Waals surface area contributed by atoms with Gasteiger partial charge in [-0.25, -0.2) is 0 Å². The third-order valence-corrected chi connectivity index (χ3v) is 4.74. The van der Waals surface area contributed by atoms with E-state index in [2.05, 4.69) is 16.0 Å². The van der Waals surface area contributed by atoms with E-state index in [1.165, 1.54) is 0 Å². The second-order valence-electron chi connectivity index (χ2n) is 7.57. The summed E-state index contributed by atoms with van der Waals surface area (Å²) in [5, 5.41) is 8.80. The van der Waals surface area contributed by atoms with Crippen molar-refractivity contribution in [1.29, 1.82) is 0 Å². The van der Waals surface area contributed by atoms with Gasteiger partial charge in [0, 0.05) is 23.9 Å². The van der Waals surface area contributed by atoms with Crippen molar-refractivity contribution in [2.75, 3.05) is 35.7 Å². The van der Waals surface area contributed by atoms with Crippen LogP contribution < -0.4 is 20.7 Å². The predicted molar refractivity (Wildman–Crippen MR) is 118 cm³/mol. The van der Waals surface area contributed by atoms with Crippen molar-refractivity contribution in [3.05, 3.63) is 48.5 Å². The maximum absolute atomic E-state index is 12.4. The van der Waals surface area contributed by atoms with Crippen LogP contribution in [0.4, 0.5) is 17.1 Å². The Morgan fingerprint density at radius 3 is 2.50 bits per heavy atom. The molecule has 7 nitrogen and oxygen atoms in total. The van der Waals surface area contributed by atoms with E-state index in [0.29, 0.717) is 18.0 Å². The van der Waals surface area contributed by atoms with E-state index in [-0.39, 0.29) is 30.4 Å². The SMILES string of the molecule is CC(C)C(=O)Nc1ccc(NCC(=O)Nc2ccccc2OCC2CCCO2)cc1. The van der Waals surface area contributed by atoms with Crippen LogP contribution in [0.2, 0.25) is 0 Å². The standard InChI is InChI=1S/C23H29N3O4/c1-16(2)23(28)25-18-11-9-17(10-12-18)24-14-22(27)26-20-7-3-4-8-21(20)30-15-19-6-5-13-29-19/h3-4,7-12,16,19,24H,5-6,13-15H2,1-2H3,(H,25,28)(H,26,27). The fraction of sp³-hybridized carbons (Fsp3) is 0.391. The third kappa shape index (κ3) is 6.49. The zero-order chi connectivity index (χ0) is 21.3. The normalized spacial score (nSPS) is 15.6. The van der Waals surface area contributed by atoms with Crippen LogP contribution in [0.3, 0.4) is 0 Å². The molecule has 0 aromatic heterocycles. The van der Waals surface area contributed by atoms with Crippen LogP contribution in [0.25, 0.3) is 0 Å². The monoisotopic (exact) mass is 411 g/mol. The van der Waals surface area contributed by atoms with Crippen LogP contribution in [0.5, 0.6) is 5.75 Å². The van der Waals surface area contributed by atoms with Gasteiger partial charge >= 0.3 is 0 Å². The number of anilines is 3. The number of amides is 2. The first-order chi connectivity index (χ1) is 14.5. The zero-order valence-corrected chi connectivity index (χ0v) is 17.4. The molecule has 1 saturated heterocycles. The molecule has 0 saturated carbocycles. The Morgan fingerprint density at radius 2 is 1.80 bits per heavy atom. The van der Waals surface area contributed by atoms with Crippen molar-refractivity contribution in [1.82, 2.24) is 0 Å². The molecule has 160 valence electrons. The van der Waals surface area contributed by atoms with E-state index < -0.39 is 0 Å². The van der Waals surface area contributed by atoms with Crippen LogP contribution >= 0.6 is 0 Å². The Morgan fingerprint density at radius 1 is 1.07 bits per heavy atom. The molecule has 0 radical (unpaired) electrons. The molecule has 30 heavy (non-hydrogen) atoms. The molecule has 1 atom stereocenters. The van der Waals surface area contributed by atoms with Crippen LogP contribution in [0.15, 0.2) is 48.5 Å². The van der Waals surface area contributed by atoms with Gasteiger partial charge in [-0.1, -0.05) is 26.0 Å². The van der Waals surface area contributed by atoms with Gasteiger partial charge in [0.1, 0.15) is 12.4 Å². The quantitative estimate of drug-likeness (QED) is 0.583. The van der Waals surface area contributed by atoms with Crippen LogP contribution in [-0.4, -0.2) is 37.7 Å². The minimum atomic E-state index is -0.180. The molecular formula is C23H29N3O4. The summed E-state index contributed by atoms with van der Waals surface area (Å²) >= 11 is 0. The van der Waals surface area contributed by atoms with E-state index in [1.807, 2.05) is 50.2 Å². The second-order valence-corrected chi connectivity index (χ2v) is 7.57. The molecular weight excluding hydrogens is 382 g/mol. The van der Waals surface area contributed by atoms with Crippen molar-refractivity contribution in [3.63, 3.8) is 0 Å². The Bertz CT molecular complexity index is 846. The first-order valence-electron chi connectivity index (χ1n) is 10.3. The van der Waals surface area contributed by atoms with Crippen molar-refractivity contribution >= 4 is 28.9 Å². The predicted octanol–water partition coefficient (Wildman–Crippen LogP) is 3.89. The average molecular weight is 412 g/mol. The summed E-state index contributed by atoms with van der Waals surface area (Å²) in [6.07, 6.45) is 2.17. The summed E-state index contributed by atoms with van der Waals surface area (Å²) < 4.78 is 11.4. The largest absolute Gasteiger partial charge is 0.489 e. The summed E-state index contributed by atoms with van der Waals surface area (Å²) in [5.74, 6) is 0.339. The molecule has 3 rings (SSSR count). The van der Waals surface area contributed by atoms with Gasteiger partial charge in [0.15, 0.2) is 0 Å². The number of hydrogen-bond donors (Lipinski definition) is 3. The number of carbonyl (C=O) groups is 2. The fourth-order valence-corrected chi connectivity index (χ4v) is 2.99. The van der Waals surface area contributed by atoms with E-state index in [0.717, 1.165) is 30.8 Å². The molecule has 2 amide bonds. The number of rotatable bonds is 9. The number of carbonyl (C=O) groups excluding carboxylic acids is 2. The van der Waals surface area contributed by atoms with E-state index in [1.54, 1.807) is 12.1 Å². The second kappa shape index (κ2) is 10.6. The maximum Gasteiger partial charge on any atom is 0.243 e. The lowest BCUT2D eigenvalue weighted by Crippen LogP contribution is -2.23. The summed E-state index contributed by atoms with van der Waals surface area (Å²) in [6.45, 7) is 5.05. The van der Waals surface area contributed by atoms with Crippen molar-refractivity contribution in [2.24, 2.45) is 5.92 Å². The molecule has 2 aromatic rings. The van der Waals surface area contributed by atoms with Gasteiger partial charge in [0.25, 0.3) is 0 Å². The van der Waals surface area contributed by atoms with Gasteiger partial charge in [-0.15, -0.1) is 0 Å². The van der Waals surface area contributed by atoms with Crippen LogP contribution in [0, 0.1) is 5.92 Å². The molecule has 2 aromatic carbocycles. The van der Waals surface area contributed by atoms with Gasteiger partial charge in [-0.05, 0) is 49.2 Å². The van der Waals surface area contributed by atoms with Crippen LogP contribution in [0.1, 0.15) is 26.7 Å². The number of nitrogens with one attached hydrogen (secondary N) is 3. The lowest BCUT2D eigenvalue weighted by molar-refractivity contribution is -0.119. The van der Waals surface area contributed by atoms with Gasteiger partial charge in [-0.3, -0.25) is 9.59 Å². The molecule has 1 unspecified atom stereocenters. The van der Waals surface area contributed by atoms with E-state index in [4.69, 9.17) is 9.47 Å². The molecule has 1 heterocycles. The first kappa shape index (κ1) is 21.6. The van der Waals surface area contributed by atoms with Gasteiger partial charge in [-0.2, -0.15) is 0 Å². The Hall–Kier alpha value is -3.06. The van der Waals surface area contributed by atoms with Crippen LogP contribution in [-0.2, 0) is 14.3 Å². The molecule has 3 N–H and O–H groups in total. The van der Waals surface area contributed by atoms with Crippen molar-refractivity contribution in [3.8, 4) is 5.75 Å². The molecule has 1 aliphatic rings. The number of benzene rings is 2. The van der Waals surface area contributed by atoms with Crippen molar-refractivity contribution in [2.45, 2.75) is 32.8 Å². The Labute approximate surface area is 177 Å². The molecule has 0 aliphatic carbocycles. The molecule has 1 fully saturated rings. The summed E-state index contributed by atoms with van der Waals surface area (Å²) in [5.41, 5.74) is 2.14. The Kier molecular flexibility index (Phi) is 7.68. The smallest absolute Gasteiger partial charge is 0.243 e. The fourth-order valence-electron chi connectivity index (χ4n) is 2.99. The highest BCUT2D eigenvalue weighted by atomic mass is 16.5. The van der Waals surface area contributed by atoms with E-state index in [9.17, 15) is 9.59 Å². The Balaban J connectivity index is 1.48. The molecule has 1 aliphatic heterocycles. The molecule has 7 heteroatoms. The van der Waals surface area contributed by atoms with Gasteiger partial charge < -0.3 is 25.4 Å². The van der Waals surface area contributed by atoms with E-state index >= 15 is 0 Å². The highest BCUT2D eigenvalue weighted by Crippen LogP contribution is 2.25. The highest BCUT2D eigenvalue weighted by Gasteiger charge is 2.17. The topological polar surface area (TPSA) is 88.7 Å². The number of para-hydroxylation sites is 2. The third-order valence-electron chi connectivity index (χ3n) is 4.74. The van der Waals surface area contributed by atoms with Gasteiger partial charge in [0.2, 0.25) is 11.8 Å². The maximum atomic E-state index is 12.4. The van der Waals surface area contributed by atoms with Gasteiger partial charge in [0.05, 0.1) is 18.3 Å². The molecule has 0 bridgehead atoms. The highest BCUT2D eigenvalue weighted by molar-refractivity contribution is 5.95. The minimum Gasteiger partial charge on any atom is -0.489 e. The lowest BCUT2D eigenvalue weighted by atomic mass is 10.2. The average Bonchev–Trinajstić information content (AvgIpc) is 3.26. The van der Waals surface area contributed by atoms with Crippen molar-refractivity contribution < 1.29 is 19.1 Å². The minimum absolute atomic E-state index is 0.0320. The number of hydrogen-bond acceptors (Lipinski definition) is 5. The zero-order valence-electron chi connectivity index (χ0n) is 17.4.